The summed E-state index contributed by atoms with van der Waals surface area (Å²) in [6.45, 7) is 0.937. The van der Waals surface area contributed by atoms with Crippen LogP contribution in [0.15, 0.2) is 89.7 Å². The predicted octanol–water partition coefficient (Wildman–Crippen LogP) is 7.00. The number of aryl methyl sites for hydroxylation is 1. The molecular formula is C29H20N2OS. The highest BCUT2D eigenvalue weighted by Crippen LogP contribution is 2.46. The predicted molar refractivity (Wildman–Crippen MR) is 137 cm³/mol. The van der Waals surface area contributed by atoms with Crippen LogP contribution >= 0.6 is 11.3 Å². The maximum absolute atomic E-state index is 14.2. The summed E-state index contributed by atoms with van der Waals surface area (Å²) in [7, 11) is 0. The fraction of sp³-hybridized carbons (Fsp3) is 0.103. The van der Waals surface area contributed by atoms with E-state index in [4.69, 9.17) is 4.98 Å². The van der Waals surface area contributed by atoms with E-state index in [0.29, 0.717) is 0 Å². The van der Waals surface area contributed by atoms with Crippen molar-refractivity contribution in [1.82, 2.24) is 9.55 Å². The summed E-state index contributed by atoms with van der Waals surface area (Å²) in [6.07, 6.45) is 1.99. The Morgan fingerprint density at radius 3 is 2.27 bits per heavy atom. The minimum Gasteiger partial charge on any atom is -0.343 e. The van der Waals surface area contributed by atoms with E-state index in [-0.39, 0.29) is 5.43 Å². The lowest BCUT2D eigenvalue weighted by Gasteiger charge is -2.15. The van der Waals surface area contributed by atoms with Crippen LogP contribution in [-0.2, 0) is 13.0 Å². The number of fused-ring (bicyclic) bond motifs is 6. The minimum absolute atomic E-state index is 0.130. The maximum atomic E-state index is 14.2. The van der Waals surface area contributed by atoms with Crippen LogP contribution in [0.25, 0.3) is 53.9 Å². The van der Waals surface area contributed by atoms with Crippen molar-refractivity contribution in [1.29, 1.82) is 0 Å². The van der Waals surface area contributed by atoms with Gasteiger partial charge in [-0.15, -0.1) is 11.3 Å². The first kappa shape index (κ1) is 18.8. The van der Waals surface area contributed by atoms with Gasteiger partial charge in [-0.2, -0.15) is 0 Å². The second-order valence-corrected chi connectivity index (χ2v) is 9.65. The molecule has 0 atom stereocenters. The molecule has 0 saturated heterocycles. The molecule has 4 heteroatoms. The number of para-hydroxylation sites is 1. The number of benzene rings is 4. The molecule has 158 valence electrons. The lowest BCUT2D eigenvalue weighted by atomic mass is 9.94. The number of aromatic nitrogens is 2. The SMILES string of the molecule is O=c1c(-c2ccccc2)c2sc3ccccc3nc-2c2c(-c3ccccc3)n3c(c12)CCC3. The molecule has 0 spiro atoms. The Hall–Kier alpha value is -3.76. The summed E-state index contributed by atoms with van der Waals surface area (Å²) < 4.78 is 3.46. The Bertz CT molecular complexity index is 1700. The largest absolute Gasteiger partial charge is 0.343 e. The highest BCUT2D eigenvalue weighted by molar-refractivity contribution is 7.22. The Morgan fingerprint density at radius 1 is 0.788 bits per heavy atom. The topological polar surface area (TPSA) is 34.9 Å². The summed E-state index contributed by atoms with van der Waals surface area (Å²) in [4.78, 5) is 20.4. The van der Waals surface area contributed by atoms with Gasteiger partial charge < -0.3 is 4.57 Å². The first-order valence-electron chi connectivity index (χ1n) is 11.3. The molecule has 33 heavy (non-hydrogen) atoms. The maximum Gasteiger partial charge on any atom is 0.197 e. The molecule has 0 radical (unpaired) electrons. The van der Waals surface area contributed by atoms with Gasteiger partial charge in [0.05, 0.1) is 31.9 Å². The molecule has 3 heterocycles. The van der Waals surface area contributed by atoms with Gasteiger partial charge in [0.2, 0.25) is 0 Å². The summed E-state index contributed by atoms with van der Waals surface area (Å²) in [5.74, 6) is 0. The van der Waals surface area contributed by atoms with Crippen molar-refractivity contribution in [2.45, 2.75) is 19.4 Å². The second kappa shape index (κ2) is 7.12. The summed E-state index contributed by atoms with van der Waals surface area (Å²) in [5, 5.41) is 1.87. The highest BCUT2D eigenvalue weighted by atomic mass is 32.1. The van der Waals surface area contributed by atoms with Crippen LogP contribution in [0.1, 0.15) is 12.1 Å². The molecule has 0 bridgehead atoms. The zero-order valence-corrected chi connectivity index (χ0v) is 18.7. The molecular weight excluding hydrogens is 424 g/mol. The first-order valence-corrected chi connectivity index (χ1v) is 12.1. The third-order valence-corrected chi connectivity index (χ3v) is 7.89. The van der Waals surface area contributed by atoms with E-state index in [0.717, 1.165) is 79.0 Å². The zero-order valence-electron chi connectivity index (χ0n) is 17.9. The quantitative estimate of drug-likeness (QED) is 0.270. The first-order chi connectivity index (χ1) is 16.3. The molecule has 0 fully saturated rings. The van der Waals surface area contributed by atoms with Gasteiger partial charge in [0.1, 0.15) is 0 Å². The van der Waals surface area contributed by atoms with Gasteiger partial charge in [0.15, 0.2) is 5.43 Å². The molecule has 1 aromatic heterocycles. The van der Waals surface area contributed by atoms with E-state index in [2.05, 4.69) is 41.0 Å². The zero-order chi connectivity index (χ0) is 21.9. The third kappa shape index (κ3) is 2.68. The molecule has 7 rings (SSSR count). The van der Waals surface area contributed by atoms with E-state index >= 15 is 0 Å². The van der Waals surface area contributed by atoms with Crippen LogP contribution in [0.5, 0.6) is 0 Å². The van der Waals surface area contributed by atoms with Crippen LogP contribution in [0.4, 0.5) is 0 Å². The lowest BCUT2D eigenvalue weighted by molar-refractivity contribution is 0.758. The van der Waals surface area contributed by atoms with E-state index in [9.17, 15) is 4.79 Å². The molecule has 3 aromatic carbocycles. The van der Waals surface area contributed by atoms with E-state index in [1.165, 1.54) is 0 Å². The fourth-order valence-electron chi connectivity index (χ4n) is 5.35. The molecule has 0 amide bonds. The Kier molecular flexibility index (Phi) is 4.05. The Morgan fingerprint density at radius 2 is 1.48 bits per heavy atom. The molecule has 0 unspecified atom stereocenters. The van der Waals surface area contributed by atoms with Crippen LogP contribution in [0.2, 0.25) is 0 Å². The van der Waals surface area contributed by atoms with E-state index in [1.54, 1.807) is 11.3 Å². The number of rotatable bonds is 2. The van der Waals surface area contributed by atoms with Gasteiger partial charge in [0.25, 0.3) is 0 Å². The standard InChI is InChI=1S/C29H20N2OS/c32-28-23(18-10-3-1-4-11-18)29-26(30-20-14-7-8-16-22(20)33-29)25-24(28)21-15-9-17-31(21)27(25)19-12-5-2-6-13-19/h1-8,10-14,16H,9,15,17H2. The molecule has 4 aromatic rings. The van der Waals surface area contributed by atoms with Crippen molar-refractivity contribution in [3.8, 4) is 33.0 Å². The summed E-state index contributed by atoms with van der Waals surface area (Å²) in [5.41, 5.74) is 7.21. The van der Waals surface area contributed by atoms with Crippen LogP contribution in [0.3, 0.4) is 0 Å². The van der Waals surface area contributed by atoms with Crippen molar-refractivity contribution in [2.24, 2.45) is 0 Å². The highest BCUT2D eigenvalue weighted by Gasteiger charge is 2.31. The van der Waals surface area contributed by atoms with Gasteiger partial charge >= 0.3 is 0 Å². The normalized spacial score (nSPS) is 13.2. The molecule has 0 saturated carbocycles. The fourth-order valence-corrected chi connectivity index (χ4v) is 6.49. The van der Waals surface area contributed by atoms with Gasteiger partial charge in [0, 0.05) is 23.2 Å². The van der Waals surface area contributed by atoms with E-state index < -0.39 is 0 Å². The van der Waals surface area contributed by atoms with Crippen LogP contribution in [0, 0.1) is 0 Å². The average molecular weight is 445 g/mol. The number of nitrogens with zero attached hydrogens (tertiary/aromatic N) is 2. The van der Waals surface area contributed by atoms with Crippen molar-refractivity contribution < 1.29 is 0 Å². The summed E-state index contributed by atoms with van der Waals surface area (Å²) >= 11 is 1.67. The molecule has 0 N–H and O–H groups in total. The van der Waals surface area contributed by atoms with Crippen LogP contribution < -0.4 is 5.43 Å². The lowest BCUT2D eigenvalue weighted by Crippen LogP contribution is -2.10. The minimum atomic E-state index is 0.130. The van der Waals surface area contributed by atoms with Gasteiger partial charge in [-0.25, -0.2) is 4.98 Å². The smallest absolute Gasteiger partial charge is 0.197 e. The molecule has 3 aliphatic rings. The third-order valence-electron chi connectivity index (χ3n) is 6.72. The molecule has 1 aliphatic carbocycles. The number of hydrogen-bond acceptors (Lipinski definition) is 3. The van der Waals surface area contributed by atoms with Crippen molar-refractivity contribution in [3.63, 3.8) is 0 Å². The van der Waals surface area contributed by atoms with Crippen molar-refractivity contribution in [3.05, 3.63) is 101 Å². The molecule has 3 nitrogen and oxygen atoms in total. The van der Waals surface area contributed by atoms with Gasteiger partial charge in [-0.1, -0.05) is 72.8 Å². The Labute approximate surface area is 194 Å². The van der Waals surface area contributed by atoms with Gasteiger partial charge in [-0.3, -0.25) is 4.79 Å². The van der Waals surface area contributed by atoms with E-state index in [1.807, 2.05) is 48.5 Å². The van der Waals surface area contributed by atoms with Crippen molar-refractivity contribution >= 4 is 32.3 Å². The monoisotopic (exact) mass is 444 g/mol. The summed E-state index contributed by atoms with van der Waals surface area (Å²) in [6, 6.07) is 28.8. The van der Waals surface area contributed by atoms with Gasteiger partial charge in [-0.05, 0) is 36.1 Å². The van der Waals surface area contributed by atoms with Crippen molar-refractivity contribution in [2.75, 3.05) is 0 Å². The Balaban J connectivity index is 1.75. The average Bonchev–Trinajstić information content (AvgIpc) is 3.45. The molecule has 2 aliphatic heterocycles. The van der Waals surface area contributed by atoms with Crippen LogP contribution in [-0.4, -0.2) is 9.55 Å². The number of hydrogen-bond donors (Lipinski definition) is 0. The second-order valence-electron chi connectivity index (χ2n) is 8.60.